The second-order valence-corrected chi connectivity index (χ2v) is 5.47. The molecule has 1 aromatic heterocycles. The lowest BCUT2D eigenvalue weighted by Crippen LogP contribution is -2.53. The summed E-state index contributed by atoms with van der Waals surface area (Å²) in [6.07, 6.45) is 6.60. The number of hydrogen-bond acceptors (Lipinski definition) is 4. The van der Waals surface area contributed by atoms with Crippen LogP contribution in [0.15, 0.2) is 25.2 Å². The summed E-state index contributed by atoms with van der Waals surface area (Å²) >= 11 is 0. The van der Waals surface area contributed by atoms with Crippen LogP contribution in [0.1, 0.15) is 25.0 Å². The van der Waals surface area contributed by atoms with Gasteiger partial charge in [-0.3, -0.25) is 9.59 Å². The summed E-state index contributed by atoms with van der Waals surface area (Å²) in [6.45, 7) is 4.19. The van der Waals surface area contributed by atoms with Crippen molar-refractivity contribution in [2.24, 2.45) is 0 Å². The molecule has 2 amide bonds. The molecule has 2 rings (SSSR count). The van der Waals surface area contributed by atoms with Gasteiger partial charge in [-0.1, -0.05) is 6.08 Å². The minimum Gasteiger partial charge on any atom is -0.480 e. The monoisotopic (exact) mass is 320 g/mol. The molecule has 2 atom stereocenters. The number of carboxylic acid groups (broad SMARTS) is 1. The molecule has 0 saturated carbocycles. The molecule has 23 heavy (non-hydrogen) atoms. The van der Waals surface area contributed by atoms with E-state index >= 15 is 0 Å². The van der Waals surface area contributed by atoms with Gasteiger partial charge in [0.1, 0.15) is 12.1 Å². The third-order valence-electron chi connectivity index (χ3n) is 3.60. The van der Waals surface area contributed by atoms with Crippen molar-refractivity contribution in [3.8, 4) is 0 Å². The van der Waals surface area contributed by atoms with E-state index in [4.69, 9.17) is 0 Å². The largest absolute Gasteiger partial charge is 0.480 e. The second-order valence-electron chi connectivity index (χ2n) is 5.47. The van der Waals surface area contributed by atoms with E-state index in [1.807, 2.05) is 0 Å². The molecule has 1 aromatic rings. The van der Waals surface area contributed by atoms with Crippen LogP contribution in [-0.2, 0) is 27.3 Å². The van der Waals surface area contributed by atoms with Crippen LogP contribution in [0.5, 0.6) is 0 Å². The van der Waals surface area contributed by atoms with Crippen molar-refractivity contribution >= 4 is 17.8 Å². The summed E-state index contributed by atoms with van der Waals surface area (Å²) in [5, 5.41) is 14.3. The van der Waals surface area contributed by atoms with Gasteiger partial charge in [-0.2, -0.15) is 0 Å². The maximum Gasteiger partial charge on any atom is 0.326 e. The number of aliphatic carboxylic acids is 1. The van der Waals surface area contributed by atoms with Gasteiger partial charge in [0.05, 0.1) is 12.0 Å². The summed E-state index contributed by atoms with van der Waals surface area (Å²) in [7, 11) is 0. The van der Waals surface area contributed by atoms with Gasteiger partial charge in [0.15, 0.2) is 0 Å². The van der Waals surface area contributed by atoms with E-state index in [1.165, 1.54) is 0 Å². The smallest absolute Gasteiger partial charge is 0.326 e. The summed E-state index contributed by atoms with van der Waals surface area (Å²) in [5.41, 5.74) is 0.562. The van der Waals surface area contributed by atoms with Gasteiger partial charge in [-0.15, -0.1) is 6.58 Å². The lowest BCUT2D eigenvalue weighted by Gasteiger charge is -2.24. The van der Waals surface area contributed by atoms with Crippen LogP contribution < -0.4 is 10.6 Å². The average molecular weight is 320 g/mol. The van der Waals surface area contributed by atoms with Gasteiger partial charge >= 0.3 is 5.97 Å². The highest BCUT2D eigenvalue weighted by molar-refractivity contribution is 5.91. The number of rotatable bonds is 7. The van der Waals surface area contributed by atoms with Crippen LogP contribution in [0, 0.1) is 0 Å². The van der Waals surface area contributed by atoms with Crippen molar-refractivity contribution in [2.45, 2.75) is 44.3 Å². The van der Waals surface area contributed by atoms with Crippen LogP contribution in [0.25, 0.3) is 0 Å². The summed E-state index contributed by atoms with van der Waals surface area (Å²) in [5.74, 6) is -1.80. The van der Waals surface area contributed by atoms with Crippen molar-refractivity contribution in [1.29, 1.82) is 0 Å². The first-order chi connectivity index (χ1) is 11.0. The highest BCUT2D eigenvalue weighted by atomic mass is 16.4. The first kappa shape index (κ1) is 16.7. The Morgan fingerprint density at radius 1 is 1.61 bits per heavy atom. The van der Waals surface area contributed by atoms with Gasteiger partial charge in [-0.05, 0) is 12.8 Å². The van der Waals surface area contributed by atoms with Gasteiger partial charge < -0.3 is 20.3 Å². The fraction of sp³-hybridized carbons (Fsp3) is 0.467. The van der Waals surface area contributed by atoms with Crippen LogP contribution in [0.3, 0.4) is 0 Å². The minimum atomic E-state index is -1.14. The number of carbonyl (C=O) groups is 3. The van der Waals surface area contributed by atoms with Crippen LogP contribution in [0.4, 0.5) is 0 Å². The Balaban J connectivity index is 1.97. The molecule has 2 heterocycles. The first-order valence-corrected chi connectivity index (χ1v) is 7.43. The number of imidazole rings is 1. The number of aromatic nitrogens is 2. The standard InChI is InChI=1S/C15H20N4O4/c1-2-6-19-8-10(16-9-19)7-12(15(22)23)18-14(21)11-4-3-5-13(20)17-11/h2,8-9,11-12H,1,3-7H2,(H,17,20)(H,18,21)(H,22,23)/t11-,12-/m0/s1. The second kappa shape index (κ2) is 7.57. The van der Waals surface area contributed by atoms with Crippen LogP contribution >= 0.6 is 0 Å². The fourth-order valence-electron chi connectivity index (χ4n) is 2.44. The zero-order valence-corrected chi connectivity index (χ0v) is 12.7. The molecule has 0 aromatic carbocycles. The van der Waals surface area contributed by atoms with Gasteiger partial charge in [0, 0.05) is 25.6 Å². The molecule has 1 saturated heterocycles. The molecule has 8 nitrogen and oxygen atoms in total. The molecular weight excluding hydrogens is 300 g/mol. The molecule has 0 spiro atoms. The van der Waals surface area contributed by atoms with E-state index < -0.39 is 24.0 Å². The fourth-order valence-corrected chi connectivity index (χ4v) is 2.44. The number of allylic oxidation sites excluding steroid dienone is 1. The number of nitrogens with zero attached hydrogens (tertiary/aromatic N) is 2. The Morgan fingerprint density at radius 3 is 3.04 bits per heavy atom. The molecule has 0 aliphatic carbocycles. The summed E-state index contributed by atoms with van der Waals surface area (Å²) < 4.78 is 1.77. The Kier molecular flexibility index (Phi) is 5.51. The highest BCUT2D eigenvalue weighted by Gasteiger charge is 2.29. The quantitative estimate of drug-likeness (QED) is 0.605. The number of piperidine rings is 1. The Morgan fingerprint density at radius 2 is 2.39 bits per heavy atom. The van der Waals surface area contributed by atoms with Crippen LogP contribution in [0.2, 0.25) is 0 Å². The van der Waals surface area contributed by atoms with Crippen molar-refractivity contribution in [3.05, 3.63) is 30.9 Å². The predicted octanol–water partition coefficient (Wildman–Crippen LogP) is -0.150. The number of nitrogens with one attached hydrogen (secondary N) is 2. The Hall–Kier alpha value is -2.64. The molecule has 0 bridgehead atoms. The Labute approximate surface area is 133 Å². The molecule has 8 heteroatoms. The lowest BCUT2D eigenvalue weighted by atomic mass is 10.0. The predicted molar refractivity (Wildman–Crippen MR) is 81.5 cm³/mol. The maximum atomic E-state index is 12.1. The van der Waals surface area contributed by atoms with E-state index in [0.717, 1.165) is 0 Å². The molecule has 0 radical (unpaired) electrons. The summed E-state index contributed by atoms with van der Waals surface area (Å²) in [6, 6.07) is -1.76. The average Bonchev–Trinajstić information content (AvgIpc) is 2.94. The highest BCUT2D eigenvalue weighted by Crippen LogP contribution is 2.09. The van der Waals surface area contributed by atoms with Crippen molar-refractivity contribution < 1.29 is 19.5 Å². The van der Waals surface area contributed by atoms with E-state index in [1.54, 1.807) is 23.2 Å². The van der Waals surface area contributed by atoms with Gasteiger partial charge in [-0.25, -0.2) is 9.78 Å². The van der Waals surface area contributed by atoms with E-state index in [-0.39, 0.29) is 12.3 Å². The zero-order chi connectivity index (χ0) is 16.8. The van der Waals surface area contributed by atoms with E-state index in [9.17, 15) is 19.5 Å². The molecule has 1 aliphatic rings. The number of carboxylic acids is 1. The minimum absolute atomic E-state index is 0.0753. The molecule has 3 N–H and O–H groups in total. The van der Waals surface area contributed by atoms with E-state index in [0.29, 0.717) is 31.5 Å². The van der Waals surface area contributed by atoms with Crippen LogP contribution in [-0.4, -0.2) is 44.5 Å². The molecule has 1 fully saturated rings. The SMILES string of the molecule is C=CCn1cnc(C[C@H](NC(=O)[C@@H]2CCCC(=O)N2)C(=O)O)c1. The Bertz CT molecular complexity index is 610. The van der Waals surface area contributed by atoms with Crippen molar-refractivity contribution in [1.82, 2.24) is 20.2 Å². The number of amides is 2. The zero-order valence-electron chi connectivity index (χ0n) is 12.7. The maximum absolute atomic E-state index is 12.1. The van der Waals surface area contributed by atoms with Gasteiger partial charge in [0.2, 0.25) is 11.8 Å². The third-order valence-corrected chi connectivity index (χ3v) is 3.60. The van der Waals surface area contributed by atoms with Crippen molar-refractivity contribution in [2.75, 3.05) is 0 Å². The molecular formula is C15H20N4O4. The number of carbonyl (C=O) groups excluding carboxylic acids is 2. The van der Waals surface area contributed by atoms with Gasteiger partial charge in [0.25, 0.3) is 0 Å². The lowest BCUT2D eigenvalue weighted by molar-refractivity contribution is -0.142. The third kappa shape index (κ3) is 4.67. The molecule has 1 aliphatic heterocycles. The molecule has 0 unspecified atom stereocenters. The summed E-state index contributed by atoms with van der Waals surface area (Å²) in [4.78, 5) is 38.9. The van der Waals surface area contributed by atoms with E-state index in [2.05, 4.69) is 22.2 Å². The normalized spacial score (nSPS) is 18.8. The molecule has 124 valence electrons. The number of hydrogen-bond donors (Lipinski definition) is 3. The first-order valence-electron chi connectivity index (χ1n) is 7.43. The van der Waals surface area contributed by atoms with Crippen molar-refractivity contribution in [3.63, 3.8) is 0 Å². The topological polar surface area (TPSA) is 113 Å².